The van der Waals surface area contributed by atoms with E-state index in [0.717, 1.165) is 11.3 Å². The van der Waals surface area contributed by atoms with Crippen LogP contribution in [-0.2, 0) is 17.6 Å². The highest BCUT2D eigenvalue weighted by Gasteiger charge is 2.23. The van der Waals surface area contributed by atoms with Gasteiger partial charge in [0.2, 0.25) is 5.91 Å². The molecule has 24 heavy (non-hydrogen) atoms. The Labute approximate surface area is 140 Å². The molecule has 0 spiro atoms. The fourth-order valence-corrected chi connectivity index (χ4v) is 2.94. The topological polar surface area (TPSA) is 84.1 Å². The molecule has 1 atom stereocenters. The molecule has 0 bridgehead atoms. The lowest BCUT2D eigenvalue weighted by Crippen LogP contribution is -2.33. The van der Waals surface area contributed by atoms with Gasteiger partial charge in [0.1, 0.15) is 11.6 Å². The first-order chi connectivity index (χ1) is 11.6. The number of nitrogens with one attached hydrogen (secondary N) is 2. The van der Waals surface area contributed by atoms with E-state index in [1.165, 1.54) is 6.07 Å². The Kier molecular flexibility index (Phi) is 4.93. The molecule has 2 N–H and O–H groups in total. The fraction of sp³-hybridized carbons (Fsp3) is 0.389. The monoisotopic (exact) mass is 327 g/mol. The summed E-state index contributed by atoms with van der Waals surface area (Å²) in [5.41, 5.74) is 1.59. The predicted molar refractivity (Wildman–Crippen MR) is 90.1 cm³/mol. The van der Waals surface area contributed by atoms with E-state index in [2.05, 4.69) is 15.3 Å². The molecule has 0 fully saturated rings. The van der Waals surface area contributed by atoms with Crippen LogP contribution >= 0.6 is 0 Å². The maximum absolute atomic E-state index is 12.4. The molecule has 1 aromatic carbocycles. The number of carbonyl (C=O) groups excluding carboxylic acids is 1. The van der Waals surface area contributed by atoms with E-state index in [4.69, 9.17) is 4.74 Å². The average molecular weight is 327 g/mol. The Balaban J connectivity index is 1.56. The number of rotatable bonds is 4. The number of aryl methyl sites for hydroxylation is 1. The van der Waals surface area contributed by atoms with Crippen LogP contribution in [0.3, 0.4) is 0 Å². The second-order valence-electron chi connectivity index (χ2n) is 6.01. The van der Waals surface area contributed by atoms with Crippen molar-refractivity contribution in [3.05, 3.63) is 57.8 Å². The number of carbonyl (C=O) groups is 1. The second kappa shape index (κ2) is 7.29. The summed E-state index contributed by atoms with van der Waals surface area (Å²) in [6.45, 7) is 2.75. The summed E-state index contributed by atoms with van der Waals surface area (Å²) in [5.74, 6) is 1.39. The number of H-pyrrole nitrogens is 1. The quantitative estimate of drug-likeness (QED) is 0.888. The number of hydrogen-bond acceptors (Lipinski definition) is 4. The van der Waals surface area contributed by atoms with E-state index in [1.54, 1.807) is 6.92 Å². The van der Waals surface area contributed by atoms with Gasteiger partial charge in [-0.25, -0.2) is 4.98 Å². The number of aromatic nitrogens is 2. The standard InChI is InChI=1S/C18H21N3O3/c1-12-20-15(11-17(22)21-12)6-8-19-18(23)14-7-9-24-16-5-3-2-4-13(16)10-14/h2-5,11,14H,6-10H2,1H3,(H,19,23)(H,20,21,22). The third-order valence-corrected chi connectivity index (χ3v) is 4.13. The summed E-state index contributed by atoms with van der Waals surface area (Å²) >= 11 is 0. The summed E-state index contributed by atoms with van der Waals surface area (Å²) < 4.78 is 5.70. The van der Waals surface area contributed by atoms with E-state index in [-0.39, 0.29) is 17.4 Å². The summed E-state index contributed by atoms with van der Waals surface area (Å²) in [6, 6.07) is 9.31. The first kappa shape index (κ1) is 16.2. The number of nitrogens with zero attached hydrogens (tertiary/aromatic N) is 1. The van der Waals surface area contributed by atoms with Gasteiger partial charge in [-0.15, -0.1) is 0 Å². The fourth-order valence-electron chi connectivity index (χ4n) is 2.94. The van der Waals surface area contributed by atoms with Crippen molar-refractivity contribution in [2.24, 2.45) is 5.92 Å². The van der Waals surface area contributed by atoms with Crippen LogP contribution in [0.25, 0.3) is 0 Å². The number of fused-ring (bicyclic) bond motifs is 1. The highest BCUT2D eigenvalue weighted by atomic mass is 16.5. The number of para-hydroxylation sites is 1. The molecule has 1 amide bonds. The summed E-state index contributed by atoms with van der Waals surface area (Å²) in [7, 11) is 0. The van der Waals surface area contributed by atoms with Crippen LogP contribution in [0.1, 0.15) is 23.5 Å². The Morgan fingerprint density at radius 2 is 2.25 bits per heavy atom. The molecule has 6 nitrogen and oxygen atoms in total. The number of amides is 1. The van der Waals surface area contributed by atoms with Crippen molar-refractivity contribution in [3.8, 4) is 5.75 Å². The van der Waals surface area contributed by atoms with E-state index in [1.807, 2.05) is 24.3 Å². The van der Waals surface area contributed by atoms with Crippen molar-refractivity contribution in [2.75, 3.05) is 13.2 Å². The van der Waals surface area contributed by atoms with Crippen LogP contribution in [0.2, 0.25) is 0 Å². The van der Waals surface area contributed by atoms with Crippen LogP contribution in [0.15, 0.2) is 35.1 Å². The Hall–Kier alpha value is -2.63. The molecule has 126 valence electrons. The first-order valence-electron chi connectivity index (χ1n) is 8.17. The molecule has 0 radical (unpaired) electrons. The van der Waals surface area contributed by atoms with Gasteiger partial charge in [0.15, 0.2) is 0 Å². The van der Waals surface area contributed by atoms with E-state index in [0.29, 0.717) is 43.9 Å². The lowest BCUT2D eigenvalue weighted by Gasteiger charge is -2.13. The number of ether oxygens (including phenoxy) is 1. The second-order valence-corrected chi connectivity index (χ2v) is 6.01. The number of aromatic amines is 1. The molecule has 1 aliphatic rings. The van der Waals surface area contributed by atoms with Gasteiger partial charge in [-0.2, -0.15) is 0 Å². The molecule has 1 aromatic heterocycles. The molecule has 0 saturated carbocycles. The number of hydrogen-bond donors (Lipinski definition) is 2. The van der Waals surface area contributed by atoms with E-state index in [9.17, 15) is 9.59 Å². The van der Waals surface area contributed by atoms with Crippen molar-refractivity contribution in [2.45, 2.75) is 26.2 Å². The minimum atomic E-state index is -0.165. The molecule has 1 aliphatic heterocycles. The van der Waals surface area contributed by atoms with Crippen LogP contribution in [0, 0.1) is 12.8 Å². The van der Waals surface area contributed by atoms with Gasteiger partial charge in [-0.1, -0.05) is 18.2 Å². The summed E-state index contributed by atoms with van der Waals surface area (Å²) in [5, 5.41) is 2.95. The van der Waals surface area contributed by atoms with Gasteiger partial charge in [-0.3, -0.25) is 9.59 Å². The minimum absolute atomic E-state index is 0.0249. The zero-order valence-corrected chi connectivity index (χ0v) is 13.7. The van der Waals surface area contributed by atoms with Gasteiger partial charge < -0.3 is 15.0 Å². The van der Waals surface area contributed by atoms with E-state index < -0.39 is 0 Å². The maximum atomic E-state index is 12.4. The largest absolute Gasteiger partial charge is 0.493 e. The molecule has 2 aromatic rings. The van der Waals surface area contributed by atoms with Gasteiger partial charge >= 0.3 is 0 Å². The Bertz CT molecular complexity index is 785. The van der Waals surface area contributed by atoms with Crippen molar-refractivity contribution in [1.82, 2.24) is 15.3 Å². The molecular weight excluding hydrogens is 306 g/mol. The normalized spacial score (nSPS) is 16.6. The van der Waals surface area contributed by atoms with Crippen molar-refractivity contribution >= 4 is 5.91 Å². The molecule has 3 rings (SSSR count). The van der Waals surface area contributed by atoms with Crippen molar-refractivity contribution in [1.29, 1.82) is 0 Å². The van der Waals surface area contributed by atoms with Gasteiger partial charge in [0, 0.05) is 30.6 Å². The van der Waals surface area contributed by atoms with Crippen molar-refractivity contribution < 1.29 is 9.53 Å². The maximum Gasteiger partial charge on any atom is 0.251 e. The smallest absolute Gasteiger partial charge is 0.251 e. The molecular formula is C18H21N3O3. The Morgan fingerprint density at radius 1 is 1.42 bits per heavy atom. The van der Waals surface area contributed by atoms with Crippen LogP contribution < -0.4 is 15.6 Å². The van der Waals surface area contributed by atoms with Crippen LogP contribution in [0.5, 0.6) is 5.75 Å². The zero-order chi connectivity index (χ0) is 16.9. The molecule has 1 unspecified atom stereocenters. The highest BCUT2D eigenvalue weighted by Crippen LogP contribution is 2.26. The molecule has 6 heteroatoms. The van der Waals surface area contributed by atoms with Gasteiger partial charge in [0.25, 0.3) is 5.56 Å². The number of benzene rings is 1. The Morgan fingerprint density at radius 3 is 3.08 bits per heavy atom. The molecule has 0 aliphatic carbocycles. The van der Waals surface area contributed by atoms with Gasteiger partial charge in [0.05, 0.1) is 6.61 Å². The molecule has 2 heterocycles. The van der Waals surface area contributed by atoms with Crippen LogP contribution in [-0.4, -0.2) is 29.0 Å². The average Bonchev–Trinajstić information content (AvgIpc) is 2.76. The highest BCUT2D eigenvalue weighted by molar-refractivity contribution is 5.79. The van der Waals surface area contributed by atoms with Crippen LogP contribution in [0.4, 0.5) is 0 Å². The SMILES string of the molecule is Cc1nc(CCNC(=O)C2CCOc3ccccc3C2)cc(=O)[nH]1. The minimum Gasteiger partial charge on any atom is -0.493 e. The predicted octanol–water partition coefficient (Wildman–Crippen LogP) is 1.38. The molecule has 0 saturated heterocycles. The third kappa shape index (κ3) is 4.01. The summed E-state index contributed by atoms with van der Waals surface area (Å²) in [6.07, 6.45) is 1.92. The van der Waals surface area contributed by atoms with Crippen molar-refractivity contribution in [3.63, 3.8) is 0 Å². The lowest BCUT2D eigenvalue weighted by atomic mass is 9.96. The van der Waals surface area contributed by atoms with Gasteiger partial charge in [-0.05, 0) is 31.4 Å². The third-order valence-electron chi connectivity index (χ3n) is 4.13. The van der Waals surface area contributed by atoms with E-state index >= 15 is 0 Å². The summed E-state index contributed by atoms with van der Waals surface area (Å²) in [4.78, 5) is 30.7. The zero-order valence-electron chi connectivity index (χ0n) is 13.7. The lowest BCUT2D eigenvalue weighted by molar-refractivity contribution is -0.125. The first-order valence-corrected chi connectivity index (χ1v) is 8.17.